The summed E-state index contributed by atoms with van der Waals surface area (Å²) in [5, 5.41) is 8.61. The van der Waals surface area contributed by atoms with E-state index in [-0.39, 0.29) is 0 Å². The number of benzene rings is 1. The maximum Gasteiger partial charge on any atom is 0.418 e. The van der Waals surface area contributed by atoms with Crippen LogP contribution in [0.15, 0.2) is 36.4 Å². The van der Waals surface area contributed by atoms with Crippen LogP contribution in [-0.2, 0) is 15.8 Å². The molecule has 1 amide bonds. The maximum absolute atomic E-state index is 12.6. The van der Waals surface area contributed by atoms with Crippen LogP contribution in [0, 0.1) is 5.41 Å². The zero-order chi connectivity index (χ0) is 14.6. The monoisotopic (exact) mass is 270 g/mol. The summed E-state index contributed by atoms with van der Waals surface area (Å²) in [4.78, 5) is 22.5. The number of hydrogen-bond acceptors (Lipinski definition) is 3. The molecule has 4 nitrogen and oxygen atoms in total. The highest BCUT2D eigenvalue weighted by Gasteiger charge is 2.33. The first-order chi connectivity index (χ1) is 8.77. The van der Waals surface area contributed by atoms with E-state index in [1.807, 2.05) is 5.32 Å². The Morgan fingerprint density at radius 3 is 2.37 bits per heavy atom. The van der Waals surface area contributed by atoms with Gasteiger partial charge in [0.05, 0.1) is 23.0 Å². The Morgan fingerprint density at radius 2 is 1.84 bits per heavy atom. The second-order valence-corrected chi connectivity index (χ2v) is 3.48. The predicted octanol–water partition coefficient (Wildman–Crippen LogP) is 2.42. The Hall–Kier alpha value is -2.44. The first-order valence-corrected chi connectivity index (χ1v) is 4.98. The molecule has 1 rings (SSSR count). The van der Waals surface area contributed by atoms with E-state index < -0.39 is 34.7 Å². The van der Waals surface area contributed by atoms with E-state index in [0.717, 1.165) is 12.1 Å². The number of carbonyl (C=O) groups is 2. The van der Waals surface area contributed by atoms with Crippen molar-refractivity contribution in [3.8, 4) is 0 Å². The largest absolute Gasteiger partial charge is 0.418 e. The van der Waals surface area contributed by atoms with E-state index in [1.54, 1.807) is 0 Å². The molecule has 0 atom stereocenters. The van der Waals surface area contributed by atoms with Gasteiger partial charge in [0.25, 0.3) is 5.91 Å². The molecule has 1 aromatic rings. The van der Waals surface area contributed by atoms with E-state index >= 15 is 0 Å². The molecule has 0 fully saturated rings. The molecular formula is C12H9F3N2O2. The number of alkyl halides is 3. The topological polar surface area (TPSA) is 70.0 Å². The molecule has 100 valence electrons. The number of hydrogen-bond donors (Lipinski definition) is 2. The number of rotatable bonds is 4. The number of halogens is 3. The highest BCUT2D eigenvalue weighted by molar-refractivity contribution is 6.43. The van der Waals surface area contributed by atoms with Crippen LogP contribution in [0.2, 0.25) is 0 Å². The average Bonchev–Trinajstić information content (AvgIpc) is 2.36. The molecule has 0 radical (unpaired) electrons. The van der Waals surface area contributed by atoms with Crippen molar-refractivity contribution >= 4 is 23.6 Å². The lowest BCUT2D eigenvalue weighted by Gasteiger charge is -2.13. The molecule has 0 unspecified atom stereocenters. The van der Waals surface area contributed by atoms with Crippen molar-refractivity contribution in [2.45, 2.75) is 6.18 Å². The van der Waals surface area contributed by atoms with Gasteiger partial charge in [0.1, 0.15) is 0 Å². The van der Waals surface area contributed by atoms with E-state index in [9.17, 15) is 22.8 Å². The highest BCUT2D eigenvalue weighted by Crippen LogP contribution is 2.34. The number of nitrogens with one attached hydrogen (secondary N) is 2. The number of amides is 1. The van der Waals surface area contributed by atoms with Gasteiger partial charge in [-0.2, -0.15) is 13.2 Å². The molecule has 0 saturated heterocycles. The summed E-state index contributed by atoms with van der Waals surface area (Å²) in [6.45, 7) is 3.12. The van der Waals surface area contributed by atoms with Crippen molar-refractivity contribution in [1.29, 1.82) is 5.41 Å². The Labute approximate surface area is 106 Å². The SMILES string of the molecule is C=C(C(=O)C=N)C(=O)Nc1ccccc1C(F)(F)F. The molecule has 2 N–H and O–H groups in total. The standard InChI is InChI=1S/C12H9F3N2O2/c1-7(10(18)6-16)11(19)17-9-5-3-2-4-8(9)12(13,14)15/h2-6,16H,1H2,(H,17,19). The van der Waals surface area contributed by atoms with E-state index in [1.165, 1.54) is 12.1 Å². The Morgan fingerprint density at radius 1 is 1.26 bits per heavy atom. The lowest BCUT2D eigenvalue weighted by Crippen LogP contribution is -2.22. The molecule has 0 saturated carbocycles. The van der Waals surface area contributed by atoms with Crippen LogP contribution in [-0.4, -0.2) is 17.9 Å². The number of para-hydroxylation sites is 1. The first-order valence-electron chi connectivity index (χ1n) is 4.98. The number of anilines is 1. The van der Waals surface area contributed by atoms with Crippen molar-refractivity contribution in [1.82, 2.24) is 0 Å². The molecule has 0 bridgehead atoms. The minimum Gasteiger partial charge on any atom is -0.321 e. The molecule has 0 aromatic heterocycles. The Kier molecular flexibility index (Phi) is 4.21. The van der Waals surface area contributed by atoms with Crippen molar-refractivity contribution in [2.75, 3.05) is 5.32 Å². The lowest BCUT2D eigenvalue weighted by atomic mass is 10.1. The summed E-state index contributed by atoms with van der Waals surface area (Å²) >= 11 is 0. The van der Waals surface area contributed by atoms with Gasteiger partial charge in [0, 0.05) is 0 Å². The third-order valence-electron chi connectivity index (χ3n) is 2.18. The van der Waals surface area contributed by atoms with Gasteiger partial charge in [0.15, 0.2) is 0 Å². The fourth-order valence-electron chi connectivity index (χ4n) is 1.24. The summed E-state index contributed by atoms with van der Waals surface area (Å²) in [5.74, 6) is -2.05. The molecule has 0 aliphatic heterocycles. The van der Waals surface area contributed by atoms with E-state index in [4.69, 9.17) is 5.41 Å². The summed E-state index contributed by atoms with van der Waals surface area (Å²) in [5.41, 5.74) is -2.11. The summed E-state index contributed by atoms with van der Waals surface area (Å²) in [6, 6.07) is 4.35. The van der Waals surface area contributed by atoms with Crippen LogP contribution in [0.4, 0.5) is 18.9 Å². The quantitative estimate of drug-likeness (QED) is 0.382. The van der Waals surface area contributed by atoms with Gasteiger partial charge in [-0.1, -0.05) is 18.7 Å². The van der Waals surface area contributed by atoms with Gasteiger partial charge in [-0.05, 0) is 12.1 Å². The summed E-state index contributed by atoms with van der Waals surface area (Å²) in [7, 11) is 0. The summed E-state index contributed by atoms with van der Waals surface area (Å²) in [6.07, 6.45) is -4.27. The maximum atomic E-state index is 12.6. The average molecular weight is 270 g/mol. The molecule has 1 aromatic carbocycles. The number of carbonyl (C=O) groups excluding carboxylic acids is 2. The minimum atomic E-state index is -4.63. The fraction of sp³-hybridized carbons (Fsp3) is 0.0833. The lowest BCUT2D eigenvalue weighted by molar-refractivity contribution is -0.137. The van der Waals surface area contributed by atoms with Crippen molar-refractivity contribution in [2.24, 2.45) is 0 Å². The number of ketones is 1. The molecule has 19 heavy (non-hydrogen) atoms. The van der Waals surface area contributed by atoms with Gasteiger partial charge < -0.3 is 10.7 Å². The third-order valence-corrected chi connectivity index (χ3v) is 2.18. The molecule has 0 aliphatic carbocycles. The van der Waals surface area contributed by atoms with Crippen molar-refractivity contribution < 1.29 is 22.8 Å². The molecular weight excluding hydrogens is 261 g/mol. The summed E-state index contributed by atoms with van der Waals surface area (Å²) < 4.78 is 37.9. The van der Waals surface area contributed by atoms with E-state index in [0.29, 0.717) is 6.21 Å². The third kappa shape index (κ3) is 3.51. The normalized spacial score (nSPS) is 10.7. The molecule has 0 aliphatic rings. The van der Waals surface area contributed by atoms with E-state index in [2.05, 4.69) is 6.58 Å². The van der Waals surface area contributed by atoms with Crippen molar-refractivity contribution in [3.05, 3.63) is 42.0 Å². The number of Topliss-reactive ketones (excluding diaryl/α,β-unsaturated/α-hetero) is 1. The van der Waals surface area contributed by atoms with Crippen LogP contribution >= 0.6 is 0 Å². The van der Waals surface area contributed by atoms with Crippen LogP contribution in [0.25, 0.3) is 0 Å². The molecule has 0 spiro atoms. The van der Waals surface area contributed by atoms with Gasteiger partial charge in [-0.3, -0.25) is 9.59 Å². The van der Waals surface area contributed by atoms with Gasteiger partial charge in [-0.25, -0.2) is 0 Å². The van der Waals surface area contributed by atoms with Crippen molar-refractivity contribution in [3.63, 3.8) is 0 Å². The van der Waals surface area contributed by atoms with Gasteiger partial charge in [-0.15, -0.1) is 0 Å². The van der Waals surface area contributed by atoms with Gasteiger partial charge in [0.2, 0.25) is 5.78 Å². The van der Waals surface area contributed by atoms with Crippen LogP contribution < -0.4 is 5.32 Å². The van der Waals surface area contributed by atoms with Crippen LogP contribution in [0.3, 0.4) is 0 Å². The second kappa shape index (κ2) is 5.47. The Balaban J connectivity index is 3.01. The molecule has 7 heteroatoms. The second-order valence-electron chi connectivity index (χ2n) is 3.48. The zero-order valence-electron chi connectivity index (χ0n) is 9.54. The molecule has 0 heterocycles. The van der Waals surface area contributed by atoms with Gasteiger partial charge >= 0.3 is 6.18 Å². The smallest absolute Gasteiger partial charge is 0.321 e. The zero-order valence-corrected chi connectivity index (χ0v) is 9.54. The highest BCUT2D eigenvalue weighted by atomic mass is 19.4. The Bertz CT molecular complexity index is 550. The van der Waals surface area contributed by atoms with Crippen LogP contribution in [0.1, 0.15) is 5.56 Å². The minimum absolute atomic E-state index is 0.359. The first kappa shape index (κ1) is 14.6. The predicted molar refractivity (Wildman–Crippen MR) is 63.0 cm³/mol. The van der Waals surface area contributed by atoms with Crippen LogP contribution in [0.5, 0.6) is 0 Å². The fourth-order valence-corrected chi connectivity index (χ4v) is 1.24.